The molecule has 2 N–H and O–H groups in total. The normalized spacial score (nSPS) is 15.6. The van der Waals surface area contributed by atoms with Crippen molar-refractivity contribution in [1.82, 2.24) is 14.9 Å². The maximum absolute atomic E-state index is 13.4. The summed E-state index contributed by atoms with van der Waals surface area (Å²) in [7, 11) is 0. The van der Waals surface area contributed by atoms with E-state index in [9.17, 15) is 9.50 Å². The molecule has 4 aromatic rings. The summed E-state index contributed by atoms with van der Waals surface area (Å²) in [6.45, 7) is 2.01. The van der Waals surface area contributed by atoms with Crippen LogP contribution in [0.4, 0.5) is 15.9 Å². The molecule has 184 valence electrons. The highest BCUT2D eigenvalue weighted by atomic mass is 35.5. The molecule has 0 radical (unpaired) electrons. The van der Waals surface area contributed by atoms with E-state index in [1.807, 2.05) is 12.1 Å². The summed E-state index contributed by atoms with van der Waals surface area (Å²) < 4.78 is 19.1. The van der Waals surface area contributed by atoms with E-state index in [1.54, 1.807) is 24.3 Å². The van der Waals surface area contributed by atoms with Crippen LogP contribution in [0.25, 0.3) is 10.2 Å². The maximum atomic E-state index is 13.4. The second-order valence-corrected chi connectivity index (χ2v) is 9.93. The van der Waals surface area contributed by atoms with Crippen LogP contribution in [0.2, 0.25) is 5.02 Å². The van der Waals surface area contributed by atoms with E-state index in [4.69, 9.17) is 16.3 Å². The molecule has 0 unspecified atom stereocenters. The zero-order valence-corrected chi connectivity index (χ0v) is 20.9. The van der Waals surface area contributed by atoms with Crippen molar-refractivity contribution in [3.8, 4) is 17.6 Å². The van der Waals surface area contributed by atoms with Gasteiger partial charge in [-0.05, 0) is 61.3 Å². The van der Waals surface area contributed by atoms with E-state index < -0.39 is 0 Å². The molecule has 0 aliphatic carbocycles. The first-order valence-electron chi connectivity index (χ1n) is 11.6. The largest absolute Gasteiger partial charge is 0.487 e. The standard InChI is InChI=1S/C27H24ClFN4O2S/c28-24-13-20(8-9-25(24)35-16-18-4-1-5-19(29)12-18)32-26-23-14-22(36-27(23)31-17-30-26)7-3-11-33-10-2-6-21(33)15-34/h1,4-5,8-9,12-14,17,21,34H,2,6,10-11,15-16H2,(H,30,31,32)/t21-/m1/s1. The van der Waals surface area contributed by atoms with Gasteiger partial charge in [-0.25, -0.2) is 14.4 Å². The van der Waals surface area contributed by atoms with Gasteiger partial charge < -0.3 is 15.2 Å². The first-order chi connectivity index (χ1) is 17.6. The molecule has 5 rings (SSSR count). The van der Waals surface area contributed by atoms with Crippen molar-refractivity contribution in [2.75, 3.05) is 25.0 Å². The van der Waals surface area contributed by atoms with Gasteiger partial charge >= 0.3 is 0 Å². The smallest absolute Gasteiger partial charge is 0.142 e. The third-order valence-electron chi connectivity index (χ3n) is 6.01. The van der Waals surface area contributed by atoms with Crippen molar-refractivity contribution < 1.29 is 14.2 Å². The van der Waals surface area contributed by atoms with Crippen LogP contribution in [0.3, 0.4) is 0 Å². The van der Waals surface area contributed by atoms with Crippen LogP contribution in [-0.4, -0.2) is 45.7 Å². The monoisotopic (exact) mass is 522 g/mol. The van der Waals surface area contributed by atoms with Gasteiger partial charge in [-0.2, -0.15) is 0 Å². The van der Waals surface area contributed by atoms with Crippen LogP contribution in [0.5, 0.6) is 5.75 Å². The molecule has 0 bridgehead atoms. The lowest BCUT2D eigenvalue weighted by molar-refractivity contribution is 0.171. The highest BCUT2D eigenvalue weighted by Gasteiger charge is 2.22. The van der Waals surface area contributed by atoms with Crippen molar-refractivity contribution in [3.05, 3.63) is 76.1 Å². The Labute approximate surface area is 217 Å². The van der Waals surface area contributed by atoms with Crippen LogP contribution in [-0.2, 0) is 6.61 Å². The Morgan fingerprint density at radius 1 is 1.22 bits per heavy atom. The molecule has 1 aliphatic heterocycles. The maximum Gasteiger partial charge on any atom is 0.142 e. The summed E-state index contributed by atoms with van der Waals surface area (Å²) in [5.74, 6) is 7.33. The van der Waals surface area contributed by atoms with Gasteiger partial charge in [0.1, 0.15) is 35.1 Å². The number of hydrogen-bond acceptors (Lipinski definition) is 7. The average molecular weight is 523 g/mol. The molecule has 3 heterocycles. The van der Waals surface area contributed by atoms with E-state index in [0.29, 0.717) is 23.1 Å². The summed E-state index contributed by atoms with van der Waals surface area (Å²) in [5.41, 5.74) is 1.47. The molecule has 1 atom stereocenters. The van der Waals surface area contributed by atoms with Crippen LogP contribution < -0.4 is 10.1 Å². The fourth-order valence-electron chi connectivity index (χ4n) is 4.18. The van der Waals surface area contributed by atoms with Crippen LogP contribution >= 0.6 is 22.9 Å². The van der Waals surface area contributed by atoms with E-state index in [2.05, 4.69) is 32.0 Å². The third kappa shape index (κ3) is 5.77. The number of hydrogen-bond donors (Lipinski definition) is 2. The minimum atomic E-state index is -0.303. The van der Waals surface area contributed by atoms with Gasteiger partial charge in [0.15, 0.2) is 0 Å². The number of ether oxygens (including phenoxy) is 1. The number of rotatable bonds is 7. The second kappa shape index (κ2) is 11.2. The predicted molar refractivity (Wildman–Crippen MR) is 141 cm³/mol. The summed E-state index contributed by atoms with van der Waals surface area (Å²) in [5, 5.41) is 14.1. The Bertz CT molecular complexity index is 1430. The number of nitrogens with zero attached hydrogens (tertiary/aromatic N) is 3. The van der Waals surface area contributed by atoms with Gasteiger partial charge in [0.05, 0.1) is 28.4 Å². The highest BCUT2D eigenvalue weighted by Crippen LogP contribution is 2.33. The molecule has 2 aromatic heterocycles. The van der Waals surface area contributed by atoms with Gasteiger partial charge in [-0.15, -0.1) is 11.3 Å². The number of aliphatic hydroxyl groups excluding tert-OH is 1. The Kier molecular flexibility index (Phi) is 7.63. The fourth-order valence-corrected chi connectivity index (χ4v) is 5.28. The molecule has 0 spiro atoms. The molecular formula is C27H24ClFN4O2S. The molecule has 0 saturated carbocycles. The number of benzene rings is 2. The number of fused-ring (bicyclic) bond motifs is 1. The van der Waals surface area contributed by atoms with Gasteiger partial charge in [0, 0.05) is 11.7 Å². The number of halogens is 2. The zero-order chi connectivity index (χ0) is 24.9. The fraction of sp³-hybridized carbons (Fsp3) is 0.259. The van der Waals surface area contributed by atoms with Gasteiger partial charge in [-0.3, -0.25) is 4.90 Å². The molecule has 1 fully saturated rings. The number of aromatic nitrogens is 2. The van der Waals surface area contributed by atoms with Crippen LogP contribution in [0.15, 0.2) is 54.9 Å². The molecule has 1 saturated heterocycles. The van der Waals surface area contributed by atoms with E-state index in [0.717, 1.165) is 45.7 Å². The number of anilines is 2. The minimum absolute atomic E-state index is 0.180. The van der Waals surface area contributed by atoms with Crippen molar-refractivity contribution in [2.24, 2.45) is 0 Å². The van der Waals surface area contributed by atoms with Crippen molar-refractivity contribution in [3.63, 3.8) is 0 Å². The van der Waals surface area contributed by atoms with E-state index in [-0.39, 0.29) is 25.1 Å². The van der Waals surface area contributed by atoms with Gasteiger partial charge in [0.2, 0.25) is 0 Å². The van der Waals surface area contributed by atoms with Crippen molar-refractivity contribution >= 4 is 44.7 Å². The Morgan fingerprint density at radius 3 is 2.97 bits per heavy atom. The lowest BCUT2D eigenvalue weighted by Crippen LogP contribution is -2.32. The Balaban J connectivity index is 1.27. The first-order valence-corrected chi connectivity index (χ1v) is 12.8. The van der Waals surface area contributed by atoms with Crippen LogP contribution in [0, 0.1) is 17.7 Å². The molecule has 0 amide bonds. The van der Waals surface area contributed by atoms with E-state index >= 15 is 0 Å². The Hall–Kier alpha value is -3.22. The van der Waals surface area contributed by atoms with E-state index in [1.165, 1.54) is 29.8 Å². The SMILES string of the molecule is OC[C@H]1CCCN1CC#Cc1cc2c(Nc3ccc(OCc4cccc(F)c4)c(Cl)c3)ncnc2s1. The number of likely N-dealkylation sites (tertiary alicyclic amines) is 1. The minimum Gasteiger partial charge on any atom is -0.487 e. The molecule has 9 heteroatoms. The first kappa shape index (κ1) is 24.5. The van der Waals surface area contributed by atoms with Crippen molar-refractivity contribution in [1.29, 1.82) is 0 Å². The van der Waals surface area contributed by atoms with Gasteiger partial charge in [0.25, 0.3) is 0 Å². The molecule has 2 aromatic carbocycles. The third-order valence-corrected chi connectivity index (χ3v) is 7.26. The van der Waals surface area contributed by atoms with Gasteiger partial charge in [-0.1, -0.05) is 35.6 Å². The quantitative estimate of drug-likeness (QED) is 0.307. The number of aliphatic hydroxyl groups is 1. The summed E-state index contributed by atoms with van der Waals surface area (Å²) >= 11 is 7.96. The molecule has 36 heavy (non-hydrogen) atoms. The Morgan fingerprint density at radius 2 is 2.14 bits per heavy atom. The molecular weight excluding hydrogens is 499 g/mol. The topological polar surface area (TPSA) is 70.5 Å². The average Bonchev–Trinajstić information content (AvgIpc) is 3.50. The zero-order valence-electron chi connectivity index (χ0n) is 19.4. The second-order valence-electron chi connectivity index (χ2n) is 8.49. The lowest BCUT2D eigenvalue weighted by atomic mass is 10.2. The van der Waals surface area contributed by atoms with Crippen LogP contribution in [0.1, 0.15) is 23.3 Å². The summed E-state index contributed by atoms with van der Waals surface area (Å²) in [6.07, 6.45) is 3.65. The number of nitrogens with one attached hydrogen (secondary N) is 1. The summed E-state index contributed by atoms with van der Waals surface area (Å²) in [6, 6.07) is 13.9. The predicted octanol–water partition coefficient (Wildman–Crippen LogP) is 5.61. The highest BCUT2D eigenvalue weighted by molar-refractivity contribution is 7.19. The summed E-state index contributed by atoms with van der Waals surface area (Å²) in [4.78, 5) is 12.8. The molecule has 1 aliphatic rings. The van der Waals surface area contributed by atoms with Crippen molar-refractivity contribution in [2.45, 2.75) is 25.5 Å². The lowest BCUT2D eigenvalue weighted by Gasteiger charge is -2.19. The molecule has 6 nitrogen and oxygen atoms in total. The number of thiophene rings is 1.